The van der Waals surface area contributed by atoms with Crippen LogP contribution in [0.3, 0.4) is 0 Å². The molecule has 0 spiro atoms. The van der Waals surface area contributed by atoms with Crippen molar-refractivity contribution in [2.45, 2.75) is 68.7 Å². The van der Waals surface area contributed by atoms with Crippen molar-refractivity contribution in [1.82, 2.24) is 10.2 Å². The molecule has 21 heavy (non-hydrogen) atoms. The fourth-order valence-electron chi connectivity index (χ4n) is 3.98. The molecule has 1 aliphatic heterocycles. The van der Waals surface area contributed by atoms with Crippen LogP contribution < -0.4 is 5.32 Å². The summed E-state index contributed by atoms with van der Waals surface area (Å²) in [5.41, 5.74) is 0. The van der Waals surface area contributed by atoms with Crippen LogP contribution in [0.5, 0.6) is 0 Å². The average Bonchev–Trinajstić information content (AvgIpc) is 3.29. The van der Waals surface area contributed by atoms with Gasteiger partial charge < -0.3 is 10.2 Å². The van der Waals surface area contributed by atoms with Gasteiger partial charge in [0.2, 0.25) is 0 Å². The molecule has 0 aromatic heterocycles. The molecule has 3 aliphatic rings. The van der Waals surface area contributed by atoms with Crippen LogP contribution >= 0.6 is 0 Å². The molecule has 0 aromatic carbocycles. The van der Waals surface area contributed by atoms with Gasteiger partial charge in [0.15, 0.2) is 0 Å². The summed E-state index contributed by atoms with van der Waals surface area (Å²) in [4.78, 5) is 2.57. The molecule has 3 rings (SSSR count). The zero-order valence-corrected chi connectivity index (χ0v) is 14.1. The van der Waals surface area contributed by atoms with E-state index < -0.39 is 9.84 Å². The Balaban J connectivity index is 1.44. The van der Waals surface area contributed by atoms with Crippen molar-refractivity contribution >= 4 is 9.84 Å². The fraction of sp³-hybridized carbons (Fsp3) is 1.00. The van der Waals surface area contributed by atoms with E-state index in [1.165, 1.54) is 44.9 Å². The Hall–Kier alpha value is -0.130. The lowest BCUT2D eigenvalue weighted by atomic mass is 9.90. The Morgan fingerprint density at radius 1 is 1.05 bits per heavy atom. The molecule has 3 fully saturated rings. The van der Waals surface area contributed by atoms with E-state index in [2.05, 4.69) is 10.2 Å². The minimum Gasteiger partial charge on any atom is -0.314 e. The highest BCUT2D eigenvalue weighted by molar-refractivity contribution is 7.91. The van der Waals surface area contributed by atoms with Crippen molar-refractivity contribution in [3.05, 3.63) is 0 Å². The molecular formula is C16H30N2O2S. The number of hydrogen-bond acceptors (Lipinski definition) is 4. The molecule has 122 valence electrons. The monoisotopic (exact) mass is 314 g/mol. The minimum atomic E-state index is -2.86. The number of rotatable bonds is 5. The van der Waals surface area contributed by atoms with E-state index in [0.29, 0.717) is 6.04 Å². The summed E-state index contributed by atoms with van der Waals surface area (Å²) in [5.74, 6) is 0.830. The quantitative estimate of drug-likeness (QED) is 0.841. The molecule has 1 N–H and O–H groups in total. The van der Waals surface area contributed by atoms with E-state index in [1.807, 2.05) is 0 Å². The van der Waals surface area contributed by atoms with Crippen LogP contribution in [0.2, 0.25) is 0 Å². The maximum Gasteiger partial charge on any atom is 0.150 e. The predicted octanol–water partition coefficient (Wildman–Crippen LogP) is 1.81. The lowest BCUT2D eigenvalue weighted by Gasteiger charge is -2.41. The molecule has 0 aromatic rings. The number of likely N-dealkylation sites (tertiary alicyclic amines) is 1. The van der Waals surface area contributed by atoms with Gasteiger partial charge in [-0.25, -0.2) is 8.42 Å². The van der Waals surface area contributed by atoms with E-state index in [-0.39, 0.29) is 5.25 Å². The zero-order valence-electron chi connectivity index (χ0n) is 13.3. The van der Waals surface area contributed by atoms with E-state index >= 15 is 0 Å². The normalized spacial score (nSPS) is 33.2. The van der Waals surface area contributed by atoms with E-state index in [9.17, 15) is 8.42 Å². The number of piperidine rings is 1. The maximum absolute atomic E-state index is 11.8. The maximum atomic E-state index is 11.8. The van der Waals surface area contributed by atoms with Crippen molar-refractivity contribution in [2.24, 2.45) is 5.92 Å². The van der Waals surface area contributed by atoms with Gasteiger partial charge in [-0.1, -0.05) is 6.42 Å². The molecule has 4 nitrogen and oxygen atoms in total. The van der Waals surface area contributed by atoms with E-state index in [4.69, 9.17) is 0 Å². The van der Waals surface area contributed by atoms with Crippen molar-refractivity contribution in [1.29, 1.82) is 0 Å². The highest BCUT2D eigenvalue weighted by atomic mass is 32.2. The number of nitrogens with zero attached hydrogens (tertiary/aromatic N) is 1. The highest BCUT2D eigenvalue weighted by Gasteiger charge is 2.33. The average molecular weight is 314 g/mol. The van der Waals surface area contributed by atoms with Gasteiger partial charge in [-0.15, -0.1) is 0 Å². The van der Waals surface area contributed by atoms with Gasteiger partial charge >= 0.3 is 0 Å². The largest absolute Gasteiger partial charge is 0.314 e. The van der Waals surface area contributed by atoms with Crippen LogP contribution in [-0.2, 0) is 9.84 Å². The summed E-state index contributed by atoms with van der Waals surface area (Å²) in [6.45, 7) is 3.52. The lowest BCUT2D eigenvalue weighted by Crippen LogP contribution is -2.46. The third-order valence-electron chi connectivity index (χ3n) is 5.64. The zero-order chi connectivity index (χ0) is 14.9. The van der Waals surface area contributed by atoms with Gasteiger partial charge in [0.05, 0.1) is 5.25 Å². The fourth-order valence-corrected chi connectivity index (χ4v) is 5.15. The number of nitrogens with one attached hydrogen (secondary N) is 1. The number of hydrogen-bond donors (Lipinski definition) is 1. The molecular weight excluding hydrogens is 284 g/mol. The summed E-state index contributed by atoms with van der Waals surface area (Å²) in [6.07, 6.45) is 10.7. The third kappa shape index (κ3) is 4.42. The SMILES string of the molecule is CS(=O)(=O)C1CCCC(N2CCC(CNC3CC3)CC2)C1. The first-order valence-corrected chi connectivity index (χ1v) is 10.6. The molecule has 2 saturated carbocycles. The van der Waals surface area contributed by atoms with Crippen molar-refractivity contribution in [3.8, 4) is 0 Å². The Bertz CT molecular complexity index is 439. The van der Waals surface area contributed by atoms with Crippen molar-refractivity contribution in [3.63, 3.8) is 0 Å². The standard InChI is InChI=1S/C16H30N2O2S/c1-21(19,20)16-4-2-3-15(11-16)18-9-7-13(8-10-18)12-17-14-5-6-14/h13-17H,2-12H2,1H3. The molecule has 5 heteroatoms. The Morgan fingerprint density at radius 3 is 2.38 bits per heavy atom. The molecule has 0 amide bonds. The lowest BCUT2D eigenvalue weighted by molar-refractivity contribution is 0.107. The van der Waals surface area contributed by atoms with Crippen molar-refractivity contribution in [2.75, 3.05) is 25.9 Å². The van der Waals surface area contributed by atoms with Crippen molar-refractivity contribution < 1.29 is 8.42 Å². The van der Waals surface area contributed by atoms with Gasteiger partial charge in [0.25, 0.3) is 0 Å². The second-order valence-corrected chi connectivity index (χ2v) is 9.76. The summed E-state index contributed by atoms with van der Waals surface area (Å²) in [6, 6.07) is 1.33. The Labute approximate surface area is 129 Å². The van der Waals surface area contributed by atoms with Gasteiger partial charge in [-0.05, 0) is 70.5 Å². The molecule has 2 aliphatic carbocycles. The first-order chi connectivity index (χ1) is 10.0. The van der Waals surface area contributed by atoms with Crippen LogP contribution in [0.15, 0.2) is 0 Å². The Kier molecular flexibility index (Phi) is 4.91. The van der Waals surface area contributed by atoms with Gasteiger partial charge in [-0.3, -0.25) is 0 Å². The van der Waals surface area contributed by atoms with Crippen LogP contribution in [0.4, 0.5) is 0 Å². The minimum absolute atomic E-state index is 0.0921. The second-order valence-electron chi connectivity index (χ2n) is 7.43. The van der Waals surface area contributed by atoms with Crippen LogP contribution in [0, 0.1) is 5.92 Å². The molecule has 2 atom stereocenters. The smallest absolute Gasteiger partial charge is 0.150 e. The topological polar surface area (TPSA) is 49.4 Å². The summed E-state index contributed by atoms with van der Waals surface area (Å²) in [5, 5.41) is 3.56. The van der Waals surface area contributed by atoms with E-state index in [0.717, 1.165) is 44.3 Å². The van der Waals surface area contributed by atoms with Crippen LogP contribution in [0.25, 0.3) is 0 Å². The number of sulfone groups is 1. The highest BCUT2D eigenvalue weighted by Crippen LogP contribution is 2.30. The molecule has 1 saturated heterocycles. The predicted molar refractivity (Wildman–Crippen MR) is 86.2 cm³/mol. The summed E-state index contributed by atoms with van der Waals surface area (Å²) in [7, 11) is -2.86. The van der Waals surface area contributed by atoms with Gasteiger partial charge in [0, 0.05) is 18.3 Å². The molecule has 0 radical (unpaired) electrons. The third-order valence-corrected chi connectivity index (χ3v) is 7.28. The first-order valence-electron chi connectivity index (χ1n) is 8.68. The summed E-state index contributed by atoms with van der Waals surface area (Å²) >= 11 is 0. The van der Waals surface area contributed by atoms with Gasteiger partial charge in [-0.2, -0.15) is 0 Å². The molecule has 1 heterocycles. The van der Waals surface area contributed by atoms with Crippen LogP contribution in [0.1, 0.15) is 51.4 Å². The Morgan fingerprint density at radius 2 is 1.76 bits per heavy atom. The second kappa shape index (κ2) is 6.55. The summed E-state index contributed by atoms with van der Waals surface area (Å²) < 4.78 is 23.6. The van der Waals surface area contributed by atoms with Gasteiger partial charge in [0.1, 0.15) is 9.84 Å². The van der Waals surface area contributed by atoms with E-state index in [1.54, 1.807) is 0 Å². The first kappa shape index (κ1) is 15.8. The van der Waals surface area contributed by atoms with Crippen LogP contribution in [-0.4, -0.2) is 56.5 Å². The molecule has 0 bridgehead atoms. The molecule has 2 unspecified atom stereocenters.